The summed E-state index contributed by atoms with van der Waals surface area (Å²) in [5.41, 5.74) is -0.627. The molecule has 108 valence electrons. The average molecular weight is 286 g/mol. The van der Waals surface area contributed by atoms with Crippen molar-refractivity contribution < 1.29 is 22.8 Å². The molecule has 2 amide bonds. The summed E-state index contributed by atoms with van der Waals surface area (Å²) >= 11 is 0. The highest BCUT2D eigenvalue weighted by Crippen LogP contribution is 2.15. The van der Waals surface area contributed by atoms with Crippen molar-refractivity contribution in [2.75, 3.05) is 19.6 Å². The van der Waals surface area contributed by atoms with Crippen LogP contribution in [-0.2, 0) is 4.79 Å². The molecule has 1 saturated heterocycles. The molecule has 2 rings (SSSR count). The van der Waals surface area contributed by atoms with Gasteiger partial charge < -0.3 is 10.2 Å². The highest BCUT2D eigenvalue weighted by molar-refractivity contribution is 5.96. The number of rotatable bonds is 3. The van der Waals surface area contributed by atoms with E-state index in [2.05, 4.69) is 5.32 Å². The molecule has 0 atom stereocenters. The van der Waals surface area contributed by atoms with Crippen molar-refractivity contribution in [3.05, 3.63) is 35.1 Å². The maximum Gasteiger partial charge on any atom is 0.254 e. The van der Waals surface area contributed by atoms with Crippen LogP contribution in [0, 0.1) is 17.5 Å². The fourth-order valence-corrected chi connectivity index (χ4v) is 2.03. The van der Waals surface area contributed by atoms with Crippen LogP contribution in [0.3, 0.4) is 0 Å². The number of benzene rings is 1. The molecule has 1 aromatic carbocycles. The van der Waals surface area contributed by atoms with Gasteiger partial charge in [-0.2, -0.15) is 0 Å². The standard InChI is InChI=1S/C13H13F3N2O2/c14-9-4-3-8(11(15)12(9)16)13(20)17-7-10(19)18-5-1-2-6-18/h3-4H,1-2,5-7H2,(H,17,20). The van der Waals surface area contributed by atoms with E-state index in [1.807, 2.05) is 0 Å². The first-order chi connectivity index (χ1) is 9.50. The van der Waals surface area contributed by atoms with Gasteiger partial charge in [0.05, 0.1) is 12.1 Å². The molecule has 20 heavy (non-hydrogen) atoms. The lowest BCUT2D eigenvalue weighted by Gasteiger charge is -2.15. The molecule has 0 spiro atoms. The van der Waals surface area contributed by atoms with Crippen molar-refractivity contribution in [2.45, 2.75) is 12.8 Å². The second-order valence-corrected chi connectivity index (χ2v) is 4.49. The van der Waals surface area contributed by atoms with Crippen LogP contribution in [-0.4, -0.2) is 36.3 Å². The molecule has 1 heterocycles. The zero-order chi connectivity index (χ0) is 14.7. The van der Waals surface area contributed by atoms with Gasteiger partial charge in [-0.15, -0.1) is 0 Å². The number of halogens is 3. The summed E-state index contributed by atoms with van der Waals surface area (Å²) in [6.45, 7) is 0.972. The molecule has 7 heteroatoms. The topological polar surface area (TPSA) is 49.4 Å². The van der Waals surface area contributed by atoms with E-state index in [4.69, 9.17) is 0 Å². The maximum atomic E-state index is 13.4. The number of amides is 2. The number of nitrogens with one attached hydrogen (secondary N) is 1. The predicted octanol–water partition coefficient (Wildman–Crippen LogP) is 1.46. The molecule has 1 aliphatic rings. The highest BCUT2D eigenvalue weighted by atomic mass is 19.2. The molecule has 1 aromatic rings. The van der Waals surface area contributed by atoms with Gasteiger partial charge in [-0.1, -0.05) is 0 Å². The second kappa shape index (κ2) is 5.94. The molecule has 0 saturated carbocycles. The zero-order valence-corrected chi connectivity index (χ0v) is 10.6. The van der Waals surface area contributed by atoms with Crippen LogP contribution in [0.1, 0.15) is 23.2 Å². The fraction of sp³-hybridized carbons (Fsp3) is 0.385. The Labute approximate surface area is 113 Å². The van der Waals surface area contributed by atoms with Crippen LogP contribution in [0.2, 0.25) is 0 Å². The Hall–Kier alpha value is -2.05. The van der Waals surface area contributed by atoms with E-state index in [0.717, 1.165) is 18.9 Å². The number of carbonyl (C=O) groups is 2. The molecule has 0 unspecified atom stereocenters. The minimum Gasteiger partial charge on any atom is -0.343 e. The lowest BCUT2D eigenvalue weighted by atomic mass is 10.2. The van der Waals surface area contributed by atoms with Gasteiger partial charge in [0.25, 0.3) is 5.91 Å². The molecule has 1 aliphatic heterocycles. The Balaban J connectivity index is 1.98. The van der Waals surface area contributed by atoms with Crippen molar-refractivity contribution in [1.82, 2.24) is 10.2 Å². The summed E-state index contributed by atoms with van der Waals surface area (Å²) in [5.74, 6) is -5.86. The number of carbonyl (C=O) groups excluding carboxylic acids is 2. The third-order valence-electron chi connectivity index (χ3n) is 3.14. The Morgan fingerprint density at radius 3 is 2.40 bits per heavy atom. The number of hydrogen-bond acceptors (Lipinski definition) is 2. The monoisotopic (exact) mass is 286 g/mol. The first-order valence-electron chi connectivity index (χ1n) is 6.20. The van der Waals surface area contributed by atoms with Crippen LogP contribution >= 0.6 is 0 Å². The largest absolute Gasteiger partial charge is 0.343 e. The third kappa shape index (κ3) is 2.92. The van der Waals surface area contributed by atoms with Gasteiger partial charge in [-0.3, -0.25) is 9.59 Å². The van der Waals surface area contributed by atoms with Crippen LogP contribution in [0.5, 0.6) is 0 Å². The van der Waals surface area contributed by atoms with Crippen molar-refractivity contribution in [1.29, 1.82) is 0 Å². The zero-order valence-electron chi connectivity index (χ0n) is 10.6. The van der Waals surface area contributed by atoms with Gasteiger partial charge in [-0.05, 0) is 25.0 Å². The molecule has 0 aliphatic carbocycles. The molecule has 0 radical (unpaired) electrons. The van der Waals surface area contributed by atoms with E-state index in [9.17, 15) is 22.8 Å². The Morgan fingerprint density at radius 1 is 1.10 bits per heavy atom. The minimum atomic E-state index is -1.71. The van der Waals surface area contributed by atoms with E-state index in [-0.39, 0.29) is 12.5 Å². The lowest BCUT2D eigenvalue weighted by Crippen LogP contribution is -2.38. The molecular weight excluding hydrogens is 273 g/mol. The van der Waals surface area contributed by atoms with Crippen molar-refractivity contribution in [3.63, 3.8) is 0 Å². The van der Waals surface area contributed by atoms with Crippen LogP contribution < -0.4 is 5.32 Å². The quantitative estimate of drug-likeness (QED) is 0.855. The molecule has 1 fully saturated rings. The van der Waals surface area contributed by atoms with E-state index in [1.165, 1.54) is 0 Å². The van der Waals surface area contributed by atoms with Crippen molar-refractivity contribution in [2.24, 2.45) is 0 Å². The summed E-state index contributed by atoms with van der Waals surface area (Å²) in [4.78, 5) is 24.9. The highest BCUT2D eigenvalue weighted by Gasteiger charge is 2.21. The third-order valence-corrected chi connectivity index (χ3v) is 3.14. The van der Waals surface area contributed by atoms with Crippen molar-refractivity contribution >= 4 is 11.8 Å². The maximum absolute atomic E-state index is 13.4. The van der Waals surface area contributed by atoms with Gasteiger partial charge in [0.15, 0.2) is 17.5 Å². The summed E-state index contributed by atoms with van der Waals surface area (Å²) in [6.07, 6.45) is 1.83. The van der Waals surface area contributed by atoms with Gasteiger partial charge in [-0.25, -0.2) is 13.2 Å². The number of hydrogen-bond donors (Lipinski definition) is 1. The summed E-state index contributed by atoms with van der Waals surface area (Å²) in [7, 11) is 0. The minimum absolute atomic E-state index is 0.279. The molecule has 1 N–H and O–H groups in total. The normalized spacial score (nSPS) is 14.4. The van der Waals surface area contributed by atoms with Crippen LogP contribution in [0.4, 0.5) is 13.2 Å². The van der Waals surface area contributed by atoms with E-state index >= 15 is 0 Å². The Kier molecular flexibility index (Phi) is 4.26. The second-order valence-electron chi connectivity index (χ2n) is 4.49. The van der Waals surface area contributed by atoms with Crippen LogP contribution in [0.25, 0.3) is 0 Å². The molecule has 0 aromatic heterocycles. The van der Waals surface area contributed by atoms with Gasteiger partial charge in [0, 0.05) is 13.1 Å². The summed E-state index contributed by atoms with van der Waals surface area (Å²) in [6, 6.07) is 1.50. The summed E-state index contributed by atoms with van der Waals surface area (Å²) in [5, 5.41) is 2.20. The summed E-state index contributed by atoms with van der Waals surface area (Å²) < 4.78 is 39.1. The first kappa shape index (κ1) is 14.4. The van der Waals surface area contributed by atoms with E-state index in [0.29, 0.717) is 19.2 Å². The average Bonchev–Trinajstić information content (AvgIpc) is 2.96. The lowest BCUT2D eigenvalue weighted by molar-refractivity contribution is -0.129. The predicted molar refractivity (Wildman–Crippen MR) is 64.5 cm³/mol. The molecule has 4 nitrogen and oxygen atoms in total. The van der Waals surface area contributed by atoms with Gasteiger partial charge >= 0.3 is 0 Å². The van der Waals surface area contributed by atoms with Crippen molar-refractivity contribution in [3.8, 4) is 0 Å². The SMILES string of the molecule is O=C(NCC(=O)N1CCCC1)c1ccc(F)c(F)c1F. The number of likely N-dealkylation sites (tertiary alicyclic amines) is 1. The Bertz CT molecular complexity index is 543. The van der Waals surface area contributed by atoms with Gasteiger partial charge in [0.2, 0.25) is 5.91 Å². The van der Waals surface area contributed by atoms with E-state index < -0.39 is 28.9 Å². The number of nitrogens with zero attached hydrogens (tertiary/aromatic N) is 1. The first-order valence-corrected chi connectivity index (χ1v) is 6.20. The molecular formula is C13H13F3N2O2. The fourth-order valence-electron chi connectivity index (χ4n) is 2.03. The molecule has 0 bridgehead atoms. The van der Waals surface area contributed by atoms with Gasteiger partial charge in [0.1, 0.15) is 0 Å². The Morgan fingerprint density at radius 2 is 1.75 bits per heavy atom. The van der Waals surface area contributed by atoms with Crippen LogP contribution in [0.15, 0.2) is 12.1 Å². The smallest absolute Gasteiger partial charge is 0.254 e. The van der Waals surface area contributed by atoms with E-state index in [1.54, 1.807) is 4.90 Å².